The molecule has 0 unspecified atom stereocenters. The van der Waals surface area contributed by atoms with Crippen LogP contribution in [-0.4, -0.2) is 41.0 Å². The number of halogens is 1. The topological polar surface area (TPSA) is 56.1 Å². The molecule has 0 spiro atoms. The Bertz CT molecular complexity index is 672. The van der Waals surface area contributed by atoms with Gasteiger partial charge in [0.05, 0.1) is 12.4 Å². The Morgan fingerprint density at radius 2 is 1.86 bits per heavy atom. The van der Waals surface area contributed by atoms with Crippen LogP contribution in [0.25, 0.3) is 0 Å². The van der Waals surface area contributed by atoms with Crippen molar-refractivity contribution in [3.05, 3.63) is 52.9 Å². The molecule has 1 fully saturated rings. The lowest BCUT2D eigenvalue weighted by molar-refractivity contribution is 0.249. The molecule has 1 aliphatic rings. The molecule has 0 aliphatic carbocycles. The zero-order chi connectivity index (χ0) is 15.4. The molecule has 1 saturated heterocycles. The molecule has 2 aromatic rings. The summed E-state index contributed by atoms with van der Waals surface area (Å²) >= 11 is 6.21. The summed E-state index contributed by atoms with van der Waals surface area (Å²) in [6.45, 7) is 4.56. The van der Waals surface area contributed by atoms with E-state index in [1.54, 1.807) is 6.20 Å². The molecule has 2 heterocycles. The van der Waals surface area contributed by atoms with E-state index >= 15 is 0 Å². The van der Waals surface area contributed by atoms with Gasteiger partial charge in [0.15, 0.2) is 5.69 Å². The summed E-state index contributed by atoms with van der Waals surface area (Å²) < 4.78 is 0. The van der Waals surface area contributed by atoms with Gasteiger partial charge >= 0.3 is 0 Å². The third-order valence-corrected chi connectivity index (χ3v) is 4.17. The third kappa shape index (κ3) is 3.35. The fourth-order valence-electron chi connectivity index (χ4n) is 2.54. The first-order valence-electron chi connectivity index (χ1n) is 7.19. The maximum absolute atomic E-state index is 8.75. The van der Waals surface area contributed by atoms with Crippen molar-refractivity contribution < 1.29 is 0 Å². The lowest BCUT2D eigenvalue weighted by atomic mass is 10.2. The number of nitriles is 1. The van der Waals surface area contributed by atoms with Gasteiger partial charge in [-0.25, -0.2) is 9.97 Å². The fraction of sp³-hybridized carbons (Fsp3) is 0.312. The molecule has 0 amide bonds. The minimum absolute atomic E-state index is 0.348. The van der Waals surface area contributed by atoms with Gasteiger partial charge in [0.1, 0.15) is 11.9 Å². The zero-order valence-electron chi connectivity index (χ0n) is 12.1. The van der Waals surface area contributed by atoms with Gasteiger partial charge < -0.3 is 4.90 Å². The second-order valence-corrected chi connectivity index (χ2v) is 5.63. The molecule has 1 aromatic heterocycles. The van der Waals surface area contributed by atoms with Crippen molar-refractivity contribution in [1.29, 1.82) is 5.26 Å². The van der Waals surface area contributed by atoms with Crippen LogP contribution < -0.4 is 4.90 Å². The van der Waals surface area contributed by atoms with Crippen LogP contribution in [-0.2, 0) is 6.54 Å². The molecule has 3 rings (SSSR count). The highest BCUT2D eigenvalue weighted by molar-refractivity contribution is 6.31. The molecular weight excluding hydrogens is 298 g/mol. The van der Waals surface area contributed by atoms with E-state index in [0.29, 0.717) is 5.69 Å². The monoisotopic (exact) mass is 313 g/mol. The number of nitrogens with zero attached hydrogens (tertiary/aromatic N) is 5. The SMILES string of the molecule is N#Cc1cnc(N2CCN(Cc3ccccc3Cl)CC2)cn1. The van der Waals surface area contributed by atoms with E-state index in [0.717, 1.165) is 49.1 Å². The number of anilines is 1. The smallest absolute Gasteiger partial charge is 0.158 e. The van der Waals surface area contributed by atoms with Crippen LogP contribution in [0.3, 0.4) is 0 Å². The minimum Gasteiger partial charge on any atom is -0.353 e. The normalized spacial score (nSPS) is 15.5. The van der Waals surface area contributed by atoms with Gasteiger partial charge in [0.25, 0.3) is 0 Å². The van der Waals surface area contributed by atoms with Crippen molar-refractivity contribution >= 4 is 17.4 Å². The molecule has 112 valence electrons. The lowest BCUT2D eigenvalue weighted by Gasteiger charge is -2.35. The van der Waals surface area contributed by atoms with Crippen molar-refractivity contribution in [2.75, 3.05) is 31.1 Å². The highest BCUT2D eigenvalue weighted by Gasteiger charge is 2.18. The van der Waals surface area contributed by atoms with E-state index in [4.69, 9.17) is 16.9 Å². The Hall–Kier alpha value is -2.16. The first kappa shape index (κ1) is 14.8. The van der Waals surface area contributed by atoms with Crippen molar-refractivity contribution in [3.8, 4) is 6.07 Å². The Balaban J connectivity index is 1.58. The minimum atomic E-state index is 0.348. The number of piperazine rings is 1. The quantitative estimate of drug-likeness (QED) is 0.870. The largest absolute Gasteiger partial charge is 0.353 e. The van der Waals surface area contributed by atoms with Crippen molar-refractivity contribution in [2.24, 2.45) is 0 Å². The predicted octanol–water partition coefficient (Wildman–Crippen LogP) is 2.32. The van der Waals surface area contributed by atoms with E-state index in [1.165, 1.54) is 6.20 Å². The maximum atomic E-state index is 8.75. The molecule has 6 heteroatoms. The number of hydrogen-bond acceptors (Lipinski definition) is 5. The average Bonchev–Trinajstić information content (AvgIpc) is 2.58. The van der Waals surface area contributed by atoms with Crippen LogP contribution in [0.1, 0.15) is 11.3 Å². The van der Waals surface area contributed by atoms with Gasteiger partial charge in [-0.05, 0) is 11.6 Å². The summed E-state index contributed by atoms with van der Waals surface area (Å²) in [5.41, 5.74) is 1.51. The highest BCUT2D eigenvalue weighted by atomic mass is 35.5. The number of rotatable bonds is 3. The predicted molar refractivity (Wildman–Crippen MR) is 85.7 cm³/mol. The molecule has 0 radical (unpaired) electrons. The fourth-order valence-corrected chi connectivity index (χ4v) is 2.74. The van der Waals surface area contributed by atoms with Crippen LogP contribution in [0.15, 0.2) is 36.7 Å². The van der Waals surface area contributed by atoms with Crippen LogP contribution in [0.5, 0.6) is 0 Å². The standard InChI is InChI=1S/C16H16ClN5/c17-15-4-2-1-3-13(15)12-21-5-7-22(8-6-21)16-11-19-14(9-18)10-20-16/h1-4,10-11H,5-8,12H2. The molecule has 0 atom stereocenters. The van der Waals surface area contributed by atoms with E-state index in [9.17, 15) is 0 Å². The van der Waals surface area contributed by atoms with E-state index in [2.05, 4.69) is 25.8 Å². The summed E-state index contributed by atoms with van der Waals surface area (Å²) in [6, 6.07) is 9.95. The van der Waals surface area contributed by atoms with Crippen molar-refractivity contribution in [3.63, 3.8) is 0 Å². The summed E-state index contributed by atoms with van der Waals surface area (Å²) in [5, 5.41) is 9.57. The van der Waals surface area contributed by atoms with Crippen molar-refractivity contribution in [2.45, 2.75) is 6.54 Å². The second kappa shape index (κ2) is 6.73. The molecule has 1 aliphatic heterocycles. The number of hydrogen-bond donors (Lipinski definition) is 0. The van der Waals surface area contributed by atoms with E-state index in [-0.39, 0.29) is 0 Å². The van der Waals surface area contributed by atoms with E-state index in [1.807, 2.05) is 24.3 Å². The molecule has 5 nitrogen and oxygen atoms in total. The summed E-state index contributed by atoms with van der Waals surface area (Å²) in [4.78, 5) is 12.9. The van der Waals surface area contributed by atoms with Crippen LogP contribution in [0.2, 0.25) is 5.02 Å². The molecule has 22 heavy (non-hydrogen) atoms. The van der Waals surface area contributed by atoms with Crippen molar-refractivity contribution in [1.82, 2.24) is 14.9 Å². The van der Waals surface area contributed by atoms with Gasteiger partial charge in [-0.1, -0.05) is 29.8 Å². The van der Waals surface area contributed by atoms with Gasteiger partial charge in [0.2, 0.25) is 0 Å². The van der Waals surface area contributed by atoms with Crippen LogP contribution in [0.4, 0.5) is 5.82 Å². The first-order valence-corrected chi connectivity index (χ1v) is 7.57. The highest BCUT2D eigenvalue weighted by Crippen LogP contribution is 2.19. The van der Waals surface area contributed by atoms with E-state index < -0.39 is 0 Å². The third-order valence-electron chi connectivity index (χ3n) is 3.80. The molecule has 0 N–H and O–H groups in total. The maximum Gasteiger partial charge on any atom is 0.158 e. The first-order chi connectivity index (χ1) is 10.8. The van der Waals surface area contributed by atoms with Gasteiger partial charge in [-0.15, -0.1) is 0 Å². The number of aromatic nitrogens is 2. The van der Waals surface area contributed by atoms with Gasteiger partial charge in [-0.2, -0.15) is 5.26 Å². The Kier molecular flexibility index (Phi) is 4.52. The summed E-state index contributed by atoms with van der Waals surface area (Å²) in [7, 11) is 0. The average molecular weight is 314 g/mol. The molecule has 0 saturated carbocycles. The van der Waals surface area contributed by atoms with Gasteiger partial charge in [-0.3, -0.25) is 4.90 Å². The Morgan fingerprint density at radius 3 is 2.50 bits per heavy atom. The van der Waals surface area contributed by atoms with Gasteiger partial charge in [0, 0.05) is 37.7 Å². The number of benzene rings is 1. The molecular formula is C16H16ClN5. The zero-order valence-corrected chi connectivity index (χ0v) is 12.9. The molecule has 0 bridgehead atoms. The molecule has 1 aromatic carbocycles. The van der Waals surface area contributed by atoms with Crippen LogP contribution in [0, 0.1) is 11.3 Å². The summed E-state index contributed by atoms with van der Waals surface area (Å²) in [5.74, 6) is 0.830. The summed E-state index contributed by atoms with van der Waals surface area (Å²) in [6.07, 6.45) is 3.19. The Labute approximate surface area is 134 Å². The second-order valence-electron chi connectivity index (χ2n) is 5.23. The van der Waals surface area contributed by atoms with Crippen LogP contribution >= 0.6 is 11.6 Å². The Morgan fingerprint density at radius 1 is 1.09 bits per heavy atom. The lowest BCUT2D eigenvalue weighted by Crippen LogP contribution is -2.46.